The molecule has 1 atom stereocenters. The minimum Gasteiger partial charge on any atom is -0.397 e. The molecule has 1 unspecified atom stereocenters. The van der Waals surface area contributed by atoms with Gasteiger partial charge >= 0.3 is 0 Å². The number of carbonyl (C=O) groups excluding carboxylic acids is 1. The molecular formula is C16H18N2OS. The van der Waals surface area contributed by atoms with E-state index in [-0.39, 0.29) is 11.9 Å². The molecule has 1 aromatic heterocycles. The number of rotatable bonds is 4. The quantitative estimate of drug-likeness (QED) is 0.847. The highest BCUT2D eigenvalue weighted by molar-refractivity contribution is 7.21. The molecule has 3 N–H and O–H groups in total. The van der Waals surface area contributed by atoms with E-state index in [0.717, 1.165) is 28.5 Å². The van der Waals surface area contributed by atoms with Gasteiger partial charge in [-0.15, -0.1) is 17.8 Å². The molecule has 4 heteroatoms. The van der Waals surface area contributed by atoms with Gasteiger partial charge in [0.05, 0.1) is 11.7 Å². The minimum absolute atomic E-state index is 0.181. The summed E-state index contributed by atoms with van der Waals surface area (Å²) in [7, 11) is 0. The van der Waals surface area contributed by atoms with E-state index in [9.17, 15) is 4.79 Å². The predicted octanol–water partition coefficient (Wildman–Crippen LogP) is 3.32. The van der Waals surface area contributed by atoms with E-state index in [0.29, 0.717) is 10.6 Å². The molecule has 0 saturated carbocycles. The van der Waals surface area contributed by atoms with Crippen LogP contribution < -0.4 is 11.1 Å². The lowest BCUT2D eigenvalue weighted by atomic mass is 10.1. The molecule has 1 heterocycles. The van der Waals surface area contributed by atoms with E-state index >= 15 is 0 Å². The molecule has 104 valence electrons. The predicted molar refractivity (Wildman–Crippen MR) is 86.0 cm³/mol. The summed E-state index contributed by atoms with van der Waals surface area (Å²) in [4.78, 5) is 12.9. The van der Waals surface area contributed by atoms with Crippen LogP contribution in [-0.2, 0) is 0 Å². The van der Waals surface area contributed by atoms with Crippen LogP contribution >= 0.6 is 11.3 Å². The van der Waals surface area contributed by atoms with Gasteiger partial charge in [0.2, 0.25) is 0 Å². The SMILES string of the molecule is C#CC(CCC)NC(=O)c1sc2c(C)cccc2c1N. The molecule has 0 aliphatic carbocycles. The van der Waals surface area contributed by atoms with E-state index in [1.807, 2.05) is 32.0 Å². The molecule has 0 aliphatic rings. The first kappa shape index (κ1) is 14.4. The Morgan fingerprint density at radius 2 is 2.30 bits per heavy atom. The lowest BCUT2D eigenvalue weighted by molar-refractivity contribution is 0.0949. The fourth-order valence-electron chi connectivity index (χ4n) is 2.16. The van der Waals surface area contributed by atoms with E-state index < -0.39 is 0 Å². The Hall–Kier alpha value is -1.99. The van der Waals surface area contributed by atoms with Crippen molar-refractivity contribution < 1.29 is 4.79 Å². The van der Waals surface area contributed by atoms with Crippen molar-refractivity contribution in [3.8, 4) is 12.3 Å². The molecule has 1 aromatic carbocycles. The minimum atomic E-state index is -0.238. The summed E-state index contributed by atoms with van der Waals surface area (Å²) in [5, 5.41) is 3.80. The van der Waals surface area contributed by atoms with E-state index in [1.165, 1.54) is 11.3 Å². The van der Waals surface area contributed by atoms with Crippen molar-refractivity contribution in [2.24, 2.45) is 0 Å². The standard InChI is InChI=1S/C16H18N2OS/c1-4-7-11(5-2)18-16(19)15-13(17)12-9-6-8-10(3)14(12)20-15/h2,6,8-9,11H,4,7,17H2,1,3H3,(H,18,19). The molecule has 0 saturated heterocycles. The number of anilines is 1. The molecule has 0 fully saturated rings. The van der Waals surface area contributed by atoms with Crippen LogP contribution in [-0.4, -0.2) is 11.9 Å². The van der Waals surface area contributed by atoms with Gasteiger partial charge in [-0.2, -0.15) is 0 Å². The number of benzene rings is 1. The van der Waals surface area contributed by atoms with Gasteiger partial charge in [0, 0.05) is 10.1 Å². The molecule has 2 aromatic rings. The summed E-state index contributed by atoms with van der Waals surface area (Å²) in [6.45, 7) is 4.05. The van der Waals surface area contributed by atoms with Gasteiger partial charge in [-0.25, -0.2) is 0 Å². The second-order valence-electron chi connectivity index (χ2n) is 4.78. The van der Waals surface area contributed by atoms with E-state index in [4.69, 9.17) is 12.2 Å². The van der Waals surface area contributed by atoms with Gasteiger partial charge in [-0.1, -0.05) is 37.5 Å². The smallest absolute Gasteiger partial charge is 0.264 e. The van der Waals surface area contributed by atoms with Gasteiger partial charge in [0.25, 0.3) is 5.91 Å². The molecule has 20 heavy (non-hydrogen) atoms. The Kier molecular flexibility index (Phi) is 4.31. The van der Waals surface area contributed by atoms with Crippen molar-refractivity contribution in [2.75, 3.05) is 5.73 Å². The molecule has 1 amide bonds. The normalized spacial score (nSPS) is 12.1. The second kappa shape index (κ2) is 5.98. The molecule has 2 rings (SSSR count). The first-order chi connectivity index (χ1) is 9.58. The van der Waals surface area contributed by atoms with Crippen LogP contribution in [0.1, 0.15) is 35.0 Å². The number of carbonyl (C=O) groups is 1. The summed E-state index contributed by atoms with van der Waals surface area (Å²) in [6.07, 6.45) is 7.13. The van der Waals surface area contributed by atoms with E-state index in [2.05, 4.69) is 11.2 Å². The fraction of sp³-hybridized carbons (Fsp3) is 0.312. The molecule has 0 radical (unpaired) electrons. The zero-order valence-electron chi connectivity index (χ0n) is 11.7. The lowest BCUT2D eigenvalue weighted by Gasteiger charge is -2.11. The monoisotopic (exact) mass is 286 g/mol. The third-order valence-electron chi connectivity index (χ3n) is 3.24. The number of nitrogen functional groups attached to an aromatic ring is 1. The molecule has 0 spiro atoms. The van der Waals surface area contributed by atoms with Gasteiger partial charge in [-0.05, 0) is 18.9 Å². The average Bonchev–Trinajstić information content (AvgIpc) is 2.77. The zero-order chi connectivity index (χ0) is 14.7. The Bertz CT molecular complexity index is 682. The molecule has 0 bridgehead atoms. The summed E-state index contributed by atoms with van der Waals surface area (Å²) < 4.78 is 1.06. The van der Waals surface area contributed by atoms with Crippen LogP contribution in [0.5, 0.6) is 0 Å². The Labute approximate surface area is 123 Å². The highest BCUT2D eigenvalue weighted by atomic mass is 32.1. The number of nitrogens with two attached hydrogens (primary N) is 1. The lowest BCUT2D eigenvalue weighted by Crippen LogP contribution is -2.33. The highest BCUT2D eigenvalue weighted by Crippen LogP contribution is 2.35. The largest absolute Gasteiger partial charge is 0.397 e. The van der Waals surface area contributed by atoms with Crippen molar-refractivity contribution in [1.29, 1.82) is 0 Å². The summed E-state index contributed by atoms with van der Waals surface area (Å²) in [5.41, 5.74) is 7.76. The van der Waals surface area contributed by atoms with Crippen LogP contribution in [0.15, 0.2) is 18.2 Å². The third kappa shape index (κ3) is 2.63. The summed E-state index contributed by atoms with van der Waals surface area (Å²) in [5.74, 6) is 2.42. The van der Waals surface area contributed by atoms with Crippen molar-refractivity contribution in [3.05, 3.63) is 28.6 Å². The van der Waals surface area contributed by atoms with E-state index in [1.54, 1.807) is 0 Å². The maximum Gasteiger partial charge on any atom is 0.264 e. The van der Waals surface area contributed by atoms with Crippen molar-refractivity contribution in [1.82, 2.24) is 5.32 Å². The Morgan fingerprint density at radius 1 is 1.55 bits per heavy atom. The summed E-state index contributed by atoms with van der Waals surface area (Å²) in [6, 6.07) is 5.67. The van der Waals surface area contributed by atoms with Crippen LogP contribution in [0.25, 0.3) is 10.1 Å². The highest BCUT2D eigenvalue weighted by Gasteiger charge is 2.19. The maximum absolute atomic E-state index is 12.3. The van der Waals surface area contributed by atoms with Crippen molar-refractivity contribution >= 4 is 33.0 Å². The van der Waals surface area contributed by atoms with Gasteiger partial charge in [0.1, 0.15) is 4.88 Å². The topological polar surface area (TPSA) is 55.1 Å². The number of terminal acetylenes is 1. The fourth-order valence-corrected chi connectivity index (χ4v) is 3.25. The Balaban J connectivity index is 2.34. The number of aryl methyl sites for hydroxylation is 1. The first-order valence-corrected chi connectivity index (χ1v) is 7.44. The average molecular weight is 286 g/mol. The zero-order valence-corrected chi connectivity index (χ0v) is 12.5. The van der Waals surface area contributed by atoms with Gasteiger partial charge in [-0.3, -0.25) is 4.79 Å². The number of nitrogens with one attached hydrogen (secondary N) is 1. The van der Waals surface area contributed by atoms with Gasteiger partial charge < -0.3 is 11.1 Å². The number of amides is 1. The number of hydrogen-bond acceptors (Lipinski definition) is 3. The van der Waals surface area contributed by atoms with Crippen LogP contribution in [0.4, 0.5) is 5.69 Å². The maximum atomic E-state index is 12.3. The van der Waals surface area contributed by atoms with Gasteiger partial charge in [0.15, 0.2) is 0 Å². The second-order valence-corrected chi connectivity index (χ2v) is 5.80. The third-order valence-corrected chi connectivity index (χ3v) is 4.60. The molecular weight excluding hydrogens is 268 g/mol. The number of hydrogen-bond donors (Lipinski definition) is 2. The molecule has 0 aliphatic heterocycles. The number of fused-ring (bicyclic) bond motifs is 1. The molecule has 3 nitrogen and oxygen atoms in total. The van der Waals surface area contributed by atoms with Crippen LogP contribution in [0.2, 0.25) is 0 Å². The first-order valence-electron chi connectivity index (χ1n) is 6.63. The number of thiophene rings is 1. The summed E-state index contributed by atoms with van der Waals surface area (Å²) >= 11 is 1.42. The van der Waals surface area contributed by atoms with Crippen LogP contribution in [0, 0.1) is 19.3 Å². The van der Waals surface area contributed by atoms with Crippen molar-refractivity contribution in [2.45, 2.75) is 32.7 Å². The Morgan fingerprint density at radius 3 is 2.90 bits per heavy atom. The van der Waals surface area contributed by atoms with Crippen molar-refractivity contribution in [3.63, 3.8) is 0 Å². The van der Waals surface area contributed by atoms with Crippen LogP contribution in [0.3, 0.4) is 0 Å².